The third-order valence-corrected chi connectivity index (χ3v) is 2.92. The van der Waals surface area contributed by atoms with Gasteiger partial charge < -0.3 is 4.98 Å². The summed E-state index contributed by atoms with van der Waals surface area (Å²) in [5, 5.41) is 1.15. The molecule has 0 fully saturated rings. The molecule has 17 heavy (non-hydrogen) atoms. The zero-order valence-corrected chi connectivity index (χ0v) is 9.35. The molecular weight excluding hydrogens is 208 g/mol. The first kappa shape index (κ1) is 9.85. The minimum atomic E-state index is 0.926. The van der Waals surface area contributed by atoms with Crippen molar-refractivity contribution in [2.75, 3.05) is 0 Å². The van der Waals surface area contributed by atoms with Crippen molar-refractivity contribution in [3.05, 3.63) is 60.9 Å². The van der Waals surface area contributed by atoms with Gasteiger partial charge >= 0.3 is 0 Å². The summed E-state index contributed by atoms with van der Waals surface area (Å²) in [7, 11) is 0. The predicted octanol–water partition coefficient (Wildman–Crippen LogP) is 3.87. The topological polar surface area (TPSA) is 28.7 Å². The summed E-state index contributed by atoms with van der Waals surface area (Å²) in [5.74, 6) is 0. The summed E-state index contributed by atoms with van der Waals surface area (Å²) in [6.07, 6.45) is 5.59. The molecule has 0 unspecified atom stereocenters. The van der Waals surface area contributed by atoms with Crippen molar-refractivity contribution in [2.24, 2.45) is 0 Å². The van der Waals surface area contributed by atoms with Crippen molar-refractivity contribution >= 4 is 17.1 Å². The smallest absolute Gasteiger partial charge is 0.137 e. The molecule has 2 aromatic heterocycles. The second-order valence-electron chi connectivity index (χ2n) is 3.92. The van der Waals surface area contributed by atoms with Crippen LogP contribution in [0.5, 0.6) is 0 Å². The summed E-state index contributed by atoms with van der Waals surface area (Å²) in [6, 6.07) is 12.5. The molecule has 82 valence electrons. The lowest BCUT2D eigenvalue weighted by atomic mass is 10.0. The Morgan fingerprint density at radius 1 is 1.06 bits per heavy atom. The first-order chi connectivity index (χ1) is 8.38. The first-order valence-electron chi connectivity index (χ1n) is 5.53. The quantitative estimate of drug-likeness (QED) is 0.697. The van der Waals surface area contributed by atoms with Crippen LogP contribution in [0.25, 0.3) is 28.2 Å². The van der Waals surface area contributed by atoms with Gasteiger partial charge in [-0.3, -0.25) is 0 Å². The van der Waals surface area contributed by atoms with Crippen molar-refractivity contribution in [3.8, 4) is 11.1 Å². The lowest BCUT2D eigenvalue weighted by Crippen LogP contribution is -1.82. The Hall–Kier alpha value is -2.35. The number of rotatable bonds is 2. The molecule has 3 rings (SSSR count). The highest BCUT2D eigenvalue weighted by molar-refractivity contribution is 5.92. The summed E-state index contributed by atoms with van der Waals surface area (Å²) < 4.78 is 0. The Morgan fingerprint density at radius 2 is 1.88 bits per heavy atom. The normalized spacial score (nSPS) is 10.6. The van der Waals surface area contributed by atoms with Gasteiger partial charge in [-0.15, -0.1) is 0 Å². The summed E-state index contributed by atoms with van der Waals surface area (Å²) >= 11 is 0. The molecule has 3 aromatic rings. The molecule has 0 bridgehead atoms. The van der Waals surface area contributed by atoms with Crippen molar-refractivity contribution in [1.29, 1.82) is 0 Å². The predicted molar refractivity (Wildman–Crippen MR) is 71.6 cm³/mol. The maximum absolute atomic E-state index is 4.29. The van der Waals surface area contributed by atoms with E-state index >= 15 is 0 Å². The number of fused-ring (bicyclic) bond motifs is 1. The van der Waals surface area contributed by atoms with E-state index in [4.69, 9.17) is 0 Å². The second-order valence-corrected chi connectivity index (χ2v) is 3.92. The van der Waals surface area contributed by atoms with Crippen LogP contribution >= 0.6 is 0 Å². The van der Waals surface area contributed by atoms with Crippen LogP contribution in [0.4, 0.5) is 0 Å². The molecule has 0 atom stereocenters. The van der Waals surface area contributed by atoms with Gasteiger partial charge in [-0.05, 0) is 28.8 Å². The zero-order chi connectivity index (χ0) is 11.7. The zero-order valence-electron chi connectivity index (χ0n) is 9.35. The number of pyridine rings is 1. The molecule has 2 nitrogen and oxygen atoms in total. The van der Waals surface area contributed by atoms with Gasteiger partial charge in [0.1, 0.15) is 5.65 Å². The van der Waals surface area contributed by atoms with Crippen molar-refractivity contribution in [1.82, 2.24) is 9.97 Å². The van der Waals surface area contributed by atoms with Gasteiger partial charge in [-0.25, -0.2) is 4.98 Å². The van der Waals surface area contributed by atoms with E-state index in [1.165, 1.54) is 11.1 Å². The van der Waals surface area contributed by atoms with E-state index in [1.54, 1.807) is 0 Å². The Kier molecular flexibility index (Phi) is 2.26. The van der Waals surface area contributed by atoms with Gasteiger partial charge in [0.15, 0.2) is 0 Å². The van der Waals surface area contributed by atoms with Crippen LogP contribution in [0, 0.1) is 0 Å². The number of H-pyrrole nitrogens is 1. The average molecular weight is 220 g/mol. The van der Waals surface area contributed by atoms with Crippen LogP contribution in [0.15, 0.2) is 55.4 Å². The van der Waals surface area contributed by atoms with E-state index in [2.05, 4.69) is 46.9 Å². The largest absolute Gasteiger partial charge is 0.346 e. The molecule has 0 radical (unpaired) electrons. The van der Waals surface area contributed by atoms with Gasteiger partial charge in [0.2, 0.25) is 0 Å². The lowest BCUT2D eigenvalue weighted by Gasteiger charge is -2.03. The van der Waals surface area contributed by atoms with Crippen LogP contribution in [0.1, 0.15) is 5.56 Å². The van der Waals surface area contributed by atoms with Crippen LogP contribution in [0.2, 0.25) is 0 Å². The van der Waals surface area contributed by atoms with Gasteiger partial charge in [0.25, 0.3) is 0 Å². The van der Waals surface area contributed by atoms with E-state index in [9.17, 15) is 0 Å². The Bertz CT molecular complexity index is 663. The molecule has 0 amide bonds. The second kappa shape index (κ2) is 3.91. The Morgan fingerprint density at radius 3 is 2.65 bits per heavy atom. The molecule has 0 aliphatic carbocycles. The molecule has 0 spiro atoms. The number of nitrogens with one attached hydrogen (secondary N) is 1. The molecule has 1 N–H and O–H groups in total. The van der Waals surface area contributed by atoms with Crippen LogP contribution < -0.4 is 0 Å². The summed E-state index contributed by atoms with van der Waals surface area (Å²) in [5.41, 5.74) is 4.46. The van der Waals surface area contributed by atoms with Crippen LogP contribution in [-0.4, -0.2) is 9.97 Å². The maximum Gasteiger partial charge on any atom is 0.137 e. The van der Waals surface area contributed by atoms with Crippen molar-refractivity contribution < 1.29 is 0 Å². The highest BCUT2D eigenvalue weighted by Gasteiger charge is 2.04. The molecule has 0 saturated heterocycles. The highest BCUT2D eigenvalue weighted by atomic mass is 14.8. The lowest BCUT2D eigenvalue weighted by molar-refractivity contribution is 1.33. The average Bonchev–Trinajstić information content (AvgIpc) is 2.87. The number of hydrogen-bond donors (Lipinski definition) is 1. The van der Waals surface area contributed by atoms with Crippen LogP contribution in [0.3, 0.4) is 0 Å². The number of benzene rings is 1. The molecule has 0 saturated carbocycles. The molecular formula is C15H12N2. The maximum atomic E-state index is 4.29. The van der Waals surface area contributed by atoms with Crippen molar-refractivity contribution in [2.45, 2.75) is 0 Å². The minimum absolute atomic E-state index is 0.926. The first-order valence-corrected chi connectivity index (χ1v) is 5.53. The van der Waals surface area contributed by atoms with E-state index in [1.807, 2.05) is 24.5 Å². The number of aromatic amines is 1. The van der Waals surface area contributed by atoms with Crippen LogP contribution in [-0.2, 0) is 0 Å². The Labute approximate surface area is 99.6 Å². The van der Waals surface area contributed by atoms with Crippen molar-refractivity contribution in [3.63, 3.8) is 0 Å². The van der Waals surface area contributed by atoms with Gasteiger partial charge in [-0.1, -0.05) is 36.9 Å². The molecule has 0 aliphatic heterocycles. The van der Waals surface area contributed by atoms with E-state index in [0.29, 0.717) is 0 Å². The van der Waals surface area contributed by atoms with Gasteiger partial charge in [0, 0.05) is 17.8 Å². The standard InChI is InChI=1S/C15H12N2/c1-2-11-3-5-12(6-4-11)13-7-9-16-15-14(13)8-10-17-15/h2-10H,1H2,(H,16,17). The van der Waals surface area contributed by atoms with E-state index < -0.39 is 0 Å². The van der Waals surface area contributed by atoms with E-state index in [-0.39, 0.29) is 0 Å². The monoisotopic (exact) mass is 220 g/mol. The van der Waals surface area contributed by atoms with Gasteiger partial charge in [0.05, 0.1) is 0 Å². The molecule has 2 heteroatoms. The number of aromatic nitrogens is 2. The number of hydrogen-bond acceptors (Lipinski definition) is 1. The fourth-order valence-corrected chi connectivity index (χ4v) is 2.01. The SMILES string of the molecule is C=Cc1ccc(-c2ccnc3[nH]ccc23)cc1. The minimum Gasteiger partial charge on any atom is -0.346 e. The third-order valence-electron chi connectivity index (χ3n) is 2.92. The Balaban J connectivity index is 2.19. The van der Waals surface area contributed by atoms with E-state index in [0.717, 1.165) is 16.6 Å². The highest BCUT2D eigenvalue weighted by Crippen LogP contribution is 2.27. The fraction of sp³-hybridized carbons (Fsp3) is 0. The third kappa shape index (κ3) is 1.64. The molecule has 1 aromatic carbocycles. The molecule has 2 heterocycles. The van der Waals surface area contributed by atoms with Gasteiger partial charge in [-0.2, -0.15) is 0 Å². The summed E-state index contributed by atoms with van der Waals surface area (Å²) in [6.45, 7) is 3.76. The summed E-state index contributed by atoms with van der Waals surface area (Å²) in [4.78, 5) is 7.41. The fourth-order valence-electron chi connectivity index (χ4n) is 2.01. The molecule has 0 aliphatic rings. The number of nitrogens with zero attached hydrogens (tertiary/aromatic N) is 1.